The zero-order valence-corrected chi connectivity index (χ0v) is 20.2. The first-order valence-electron chi connectivity index (χ1n) is 12.1. The van der Waals surface area contributed by atoms with E-state index in [4.69, 9.17) is 4.74 Å². The van der Waals surface area contributed by atoms with E-state index in [1.54, 1.807) is 23.1 Å². The second-order valence-corrected chi connectivity index (χ2v) is 9.59. The van der Waals surface area contributed by atoms with Crippen molar-refractivity contribution in [2.24, 2.45) is 5.92 Å². The molecule has 2 unspecified atom stereocenters. The van der Waals surface area contributed by atoms with Crippen molar-refractivity contribution < 1.29 is 32.6 Å². The largest absolute Gasteiger partial charge is 0.496 e. The van der Waals surface area contributed by atoms with Crippen LogP contribution in [0.25, 0.3) is 11.1 Å². The number of carbonyl (C=O) groups excluding carboxylic acids is 1. The maximum atomic E-state index is 13.9. The number of ether oxygens (including phenoxy) is 1. The molecule has 1 amide bonds. The normalized spacial score (nSPS) is 18.8. The molecule has 192 valence electrons. The Labute approximate surface area is 212 Å². The number of hydrogen-bond donors (Lipinski definition) is 1. The van der Waals surface area contributed by atoms with Crippen molar-refractivity contribution in [2.75, 3.05) is 13.7 Å². The van der Waals surface area contributed by atoms with Crippen LogP contribution in [0.3, 0.4) is 0 Å². The average molecular weight is 510 g/mol. The highest BCUT2D eigenvalue weighted by atomic mass is 19.4. The Morgan fingerprint density at radius 1 is 1.03 bits per heavy atom. The van der Waals surface area contributed by atoms with E-state index in [0.29, 0.717) is 28.0 Å². The van der Waals surface area contributed by atoms with Crippen molar-refractivity contribution in [1.82, 2.24) is 4.90 Å². The standard InChI is InChI=1S/C29H26F3NO4/c1-37-26-10-7-17(14-27(34)35)13-22(26)19-8-9-25(29(30,31)32)20-11-12-33(16-24(19)20)28(36)23-15-21(23)18-5-3-2-4-6-18/h2-10,13,21,23H,11-12,14-16H2,1H3,(H,34,35). The zero-order valence-electron chi connectivity index (χ0n) is 20.2. The van der Waals surface area contributed by atoms with Crippen molar-refractivity contribution in [2.45, 2.75) is 37.9 Å². The Bertz CT molecular complexity index is 1350. The highest BCUT2D eigenvalue weighted by Gasteiger charge is 2.46. The fourth-order valence-electron chi connectivity index (χ4n) is 5.40. The van der Waals surface area contributed by atoms with E-state index < -0.39 is 17.7 Å². The Balaban J connectivity index is 1.53. The molecule has 1 N–H and O–H groups in total. The third-order valence-electron chi connectivity index (χ3n) is 7.27. The number of carbonyl (C=O) groups is 2. The molecule has 1 fully saturated rings. The topological polar surface area (TPSA) is 66.8 Å². The summed E-state index contributed by atoms with van der Waals surface area (Å²) < 4.78 is 47.3. The molecule has 5 nitrogen and oxygen atoms in total. The molecule has 1 aliphatic carbocycles. The first kappa shape index (κ1) is 24.9. The first-order chi connectivity index (χ1) is 17.7. The Kier molecular flexibility index (Phi) is 6.43. The van der Waals surface area contributed by atoms with Gasteiger partial charge in [0.05, 0.1) is 19.1 Å². The van der Waals surface area contributed by atoms with Crippen molar-refractivity contribution in [3.63, 3.8) is 0 Å². The smallest absolute Gasteiger partial charge is 0.416 e. The quantitative estimate of drug-likeness (QED) is 0.463. The van der Waals surface area contributed by atoms with Gasteiger partial charge in [-0.05, 0) is 64.8 Å². The van der Waals surface area contributed by atoms with Crippen LogP contribution in [0.15, 0.2) is 60.7 Å². The second kappa shape index (κ2) is 9.57. The molecule has 2 atom stereocenters. The highest BCUT2D eigenvalue weighted by molar-refractivity contribution is 5.84. The molecule has 2 aliphatic rings. The molecular formula is C29H26F3NO4. The number of rotatable bonds is 6. The van der Waals surface area contributed by atoms with Crippen molar-refractivity contribution in [3.8, 4) is 16.9 Å². The fourth-order valence-corrected chi connectivity index (χ4v) is 5.40. The summed E-state index contributed by atoms with van der Waals surface area (Å²) in [6.45, 7) is 0.268. The number of carboxylic acids is 1. The number of methoxy groups -OCH3 is 1. The SMILES string of the molecule is COc1ccc(CC(=O)O)cc1-c1ccc(C(F)(F)F)c2c1CN(C(=O)C1CC1c1ccccc1)CC2. The van der Waals surface area contributed by atoms with Gasteiger partial charge in [-0.3, -0.25) is 9.59 Å². The maximum absolute atomic E-state index is 13.9. The molecule has 0 bridgehead atoms. The lowest BCUT2D eigenvalue weighted by Crippen LogP contribution is -2.38. The lowest BCUT2D eigenvalue weighted by atomic mass is 9.86. The minimum Gasteiger partial charge on any atom is -0.496 e. The van der Waals surface area contributed by atoms with Gasteiger partial charge in [0.25, 0.3) is 0 Å². The number of carboxylic acid groups (broad SMARTS) is 1. The van der Waals surface area contributed by atoms with Gasteiger partial charge in [-0.2, -0.15) is 13.2 Å². The van der Waals surface area contributed by atoms with Gasteiger partial charge in [0.1, 0.15) is 5.75 Å². The molecule has 8 heteroatoms. The number of amides is 1. The Morgan fingerprint density at radius 3 is 2.46 bits per heavy atom. The number of fused-ring (bicyclic) bond motifs is 1. The number of benzene rings is 3. The van der Waals surface area contributed by atoms with Crippen LogP contribution in [0.4, 0.5) is 13.2 Å². The molecule has 0 spiro atoms. The minimum absolute atomic E-state index is 0.0468. The van der Waals surface area contributed by atoms with Crippen LogP contribution in [-0.4, -0.2) is 35.5 Å². The number of aliphatic carboxylic acids is 1. The maximum Gasteiger partial charge on any atom is 0.416 e. The summed E-state index contributed by atoms with van der Waals surface area (Å²) in [7, 11) is 1.46. The lowest BCUT2D eigenvalue weighted by molar-refractivity contribution is -0.139. The van der Waals surface area contributed by atoms with Crippen molar-refractivity contribution in [3.05, 3.63) is 88.5 Å². The van der Waals surface area contributed by atoms with Gasteiger partial charge in [0.15, 0.2) is 0 Å². The van der Waals surface area contributed by atoms with Crippen molar-refractivity contribution >= 4 is 11.9 Å². The van der Waals surface area contributed by atoms with Gasteiger partial charge in [-0.15, -0.1) is 0 Å². The average Bonchev–Trinajstić information content (AvgIpc) is 3.68. The van der Waals surface area contributed by atoms with Crippen LogP contribution in [0.1, 0.15) is 40.2 Å². The minimum atomic E-state index is -4.53. The molecule has 1 heterocycles. The Hall–Kier alpha value is -3.81. The van der Waals surface area contributed by atoms with Gasteiger partial charge in [-0.25, -0.2) is 0 Å². The second-order valence-electron chi connectivity index (χ2n) is 9.59. The van der Waals surface area contributed by atoms with Crippen LogP contribution in [0.2, 0.25) is 0 Å². The predicted octanol–water partition coefficient (Wildman–Crippen LogP) is 5.70. The molecule has 0 radical (unpaired) electrons. The summed E-state index contributed by atoms with van der Waals surface area (Å²) in [5.41, 5.74) is 2.52. The number of alkyl halides is 3. The Morgan fingerprint density at radius 2 is 1.78 bits per heavy atom. The number of halogens is 3. The third-order valence-corrected chi connectivity index (χ3v) is 7.27. The van der Waals surface area contributed by atoms with Crippen molar-refractivity contribution in [1.29, 1.82) is 0 Å². The summed E-state index contributed by atoms with van der Waals surface area (Å²) in [4.78, 5) is 26.3. The van der Waals surface area contributed by atoms with Gasteiger partial charge in [-0.1, -0.05) is 42.5 Å². The molecule has 1 saturated carbocycles. The van der Waals surface area contributed by atoms with Crippen LogP contribution in [-0.2, 0) is 35.2 Å². The molecule has 37 heavy (non-hydrogen) atoms. The highest BCUT2D eigenvalue weighted by Crippen LogP contribution is 2.49. The van der Waals surface area contributed by atoms with E-state index in [1.807, 2.05) is 30.3 Å². The molecule has 0 saturated heterocycles. The summed E-state index contributed by atoms with van der Waals surface area (Å²) in [5, 5.41) is 9.23. The first-order valence-corrected chi connectivity index (χ1v) is 12.1. The van der Waals surface area contributed by atoms with Crippen LogP contribution in [0, 0.1) is 5.92 Å². The number of hydrogen-bond acceptors (Lipinski definition) is 3. The summed E-state index contributed by atoms with van der Waals surface area (Å²) in [6.07, 6.45) is -3.94. The van der Waals surface area contributed by atoms with Crippen LogP contribution < -0.4 is 4.74 Å². The van der Waals surface area contributed by atoms with Crippen LogP contribution in [0.5, 0.6) is 5.75 Å². The monoisotopic (exact) mass is 509 g/mol. The molecular weight excluding hydrogens is 483 g/mol. The fraction of sp³-hybridized carbons (Fsp3) is 0.310. The number of nitrogens with zero attached hydrogens (tertiary/aromatic N) is 1. The van der Waals surface area contributed by atoms with E-state index >= 15 is 0 Å². The van der Waals surface area contributed by atoms with Crippen LogP contribution >= 0.6 is 0 Å². The van der Waals surface area contributed by atoms with E-state index in [-0.39, 0.29) is 49.2 Å². The van der Waals surface area contributed by atoms with Gasteiger partial charge >= 0.3 is 12.1 Å². The molecule has 3 aromatic rings. The third kappa shape index (κ3) is 4.92. The molecule has 0 aromatic heterocycles. The lowest BCUT2D eigenvalue weighted by Gasteiger charge is -2.33. The van der Waals surface area contributed by atoms with Gasteiger partial charge < -0.3 is 14.7 Å². The summed E-state index contributed by atoms with van der Waals surface area (Å²) >= 11 is 0. The van der Waals surface area contributed by atoms with E-state index in [0.717, 1.165) is 18.1 Å². The van der Waals surface area contributed by atoms with Gasteiger partial charge in [0.2, 0.25) is 5.91 Å². The van der Waals surface area contributed by atoms with E-state index in [9.17, 15) is 27.9 Å². The zero-order chi connectivity index (χ0) is 26.3. The predicted molar refractivity (Wildman–Crippen MR) is 131 cm³/mol. The van der Waals surface area contributed by atoms with Gasteiger partial charge in [0, 0.05) is 24.6 Å². The molecule has 3 aromatic carbocycles. The molecule has 1 aliphatic heterocycles. The summed E-state index contributed by atoms with van der Waals surface area (Å²) in [6, 6.07) is 17.1. The van der Waals surface area contributed by atoms with E-state index in [1.165, 1.54) is 13.2 Å². The van der Waals surface area contributed by atoms with E-state index in [2.05, 4.69) is 0 Å². The molecule has 5 rings (SSSR count). The summed E-state index contributed by atoms with van der Waals surface area (Å²) in [5.74, 6) is -0.685.